The van der Waals surface area contributed by atoms with Crippen molar-refractivity contribution in [3.63, 3.8) is 0 Å². The van der Waals surface area contributed by atoms with Crippen LogP contribution in [0.4, 0.5) is 22.6 Å². The molecule has 0 aliphatic rings. The molecule has 1 aromatic heterocycles. The predicted octanol–water partition coefficient (Wildman–Crippen LogP) is 7.79. The predicted molar refractivity (Wildman–Crippen MR) is 114 cm³/mol. The Morgan fingerprint density at radius 1 is 1.03 bits per heavy atom. The second-order valence-corrected chi connectivity index (χ2v) is 8.06. The van der Waals surface area contributed by atoms with E-state index in [0.717, 1.165) is 23.5 Å². The molecule has 0 atom stereocenters. The molecule has 30 heavy (non-hydrogen) atoms. The molecular formula is C22H14ClF4NOS. The van der Waals surface area contributed by atoms with Gasteiger partial charge in [0.2, 0.25) is 0 Å². The van der Waals surface area contributed by atoms with E-state index in [1.54, 1.807) is 25.2 Å². The average Bonchev–Trinajstić information content (AvgIpc) is 3.03. The van der Waals surface area contributed by atoms with Crippen molar-refractivity contribution in [2.45, 2.75) is 6.18 Å². The van der Waals surface area contributed by atoms with Gasteiger partial charge in [-0.1, -0.05) is 35.9 Å². The summed E-state index contributed by atoms with van der Waals surface area (Å²) in [6.07, 6.45) is -4.52. The van der Waals surface area contributed by atoms with Crippen LogP contribution in [0.3, 0.4) is 0 Å². The van der Waals surface area contributed by atoms with Crippen molar-refractivity contribution in [2.24, 2.45) is 0 Å². The van der Waals surface area contributed by atoms with Gasteiger partial charge in [-0.2, -0.15) is 13.2 Å². The van der Waals surface area contributed by atoms with Crippen LogP contribution in [-0.4, -0.2) is 12.2 Å². The number of rotatable bonds is 3. The first-order chi connectivity index (χ1) is 14.2. The minimum Gasteiger partial charge on any atom is -0.506 e. The van der Waals surface area contributed by atoms with Gasteiger partial charge in [0.1, 0.15) is 16.6 Å². The third-order valence-electron chi connectivity index (χ3n) is 4.72. The van der Waals surface area contributed by atoms with Gasteiger partial charge in [0, 0.05) is 23.0 Å². The van der Waals surface area contributed by atoms with E-state index in [4.69, 9.17) is 11.6 Å². The summed E-state index contributed by atoms with van der Waals surface area (Å²) in [6, 6.07) is 12.4. The standard InChI is InChI=1S/C22H14ClF4NOS/c1-28-21-18(11-4-2-6-13(8-11)22(25,26)27)19(29)20(30-21)15-10-14(23)9-12-5-3-7-16(24)17(12)15/h2-10,28-29H,1H3. The van der Waals surface area contributed by atoms with Crippen molar-refractivity contribution in [3.8, 4) is 27.3 Å². The maximum atomic E-state index is 14.6. The normalized spacial score (nSPS) is 11.8. The number of benzene rings is 3. The van der Waals surface area contributed by atoms with Crippen molar-refractivity contribution in [3.05, 3.63) is 71.0 Å². The molecule has 2 N–H and O–H groups in total. The molecule has 4 rings (SSSR count). The van der Waals surface area contributed by atoms with Gasteiger partial charge in [-0.15, -0.1) is 11.3 Å². The number of aromatic hydroxyl groups is 1. The number of hydrogen-bond acceptors (Lipinski definition) is 3. The van der Waals surface area contributed by atoms with E-state index in [1.165, 1.54) is 24.3 Å². The third kappa shape index (κ3) is 3.48. The summed E-state index contributed by atoms with van der Waals surface area (Å²) in [5.41, 5.74) is -0.0460. The maximum Gasteiger partial charge on any atom is 0.416 e. The maximum absolute atomic E-state index is 14.6. The zero-order valence-corrected chi connectivity index (χ0v) is 17.0. The van der Waals surface area contributed by atoms with Gasteiger partial charge in [0.25, 0.3) is 0 Å². The summed E-state index contributed by atoms with van der Waals surface area (Å²) < 4.78 is 54.1. The fraction of sp³-hybridized carbons (Fsp3) is 0.0909. The molecule has 4 aromatic rings. The number of hydrogen-bond donors (Lipinski definition) is 2. The lowest BCUT2D eigenvalue weighted by Gasteiger charge is -2.10. The lowest BCUT2D eigenvalue weighted by atomic mass is 9.99. The van der Waals surface area contributed by atoms with Crippen LogP contribution in [0.2, 0.25) is 5.02 Å². The molecule has 2 nitrogen and oxygen atoms in total. The lowest BCUT2D eigenvalue weighted by Crippen LogP contribution is -2.04. The highest BCUT2D eigenvalue weighted by Crippen LogP contribution is 2.52. The smallest absolute Gasteiger partial charge is 0.416 e. The molecule has 3 aromatic carbocycles. The largest absolute Gasteiger partial charge is 0.506 e. The van der Waals surface area contributed by atoms with E-state index in [2.05, 4.69) is 5.32 Å². The van der Waals surface area contributed by atoms with E-state index in [0.29, 0.717) is 25.9 Å². The minimum absolute atomic E-state index is 0.195. The van der Waals surface area contributed by atoms with Crippen LogP contribution >= 0.6 is 22.9 Å². The van der Waals surface area contributed by atoms with Gasteiger partial charge in [-0.05, 0) is 41.3 Å². The monoisotopic (exact) mass is 451 g/mol. The Morgan fingerprint density at radius 3 is 2.47 bits per heavy atom. The zero-order chi connectivity index (χ0) is 21.6. The molecule has 0 radical (unpaired) electrons. The van der Waals surface area contributed by atoms with E-state index in [1.807, 2.05) is 0 Å². The van der Waals surface area contributed by atoms with Gasteiger partial charge in [0.05, 0.1) is 16.0 Å². The Labute approximate surface area is 178 Å². The van der Waals surface area contributed by atoms with Gasteiger partial charge in [-0.3, -0.25) is 0 Å². The SMILES string of the molecule is CNc1sc(-c2cc(Cl)cc3cccc(F)c23)c(O)c1-c1cccc(C(F)(F)F)c1. The summed E-state index contributed by atoms with van der Waals surface area (Å²) in [4.78, 5) is 0.310. The Kier molecular flexibility index (Phi) is 5.11. The molecule has 0 fully saturated rings. The van der Waals surface area contributed by atoms with E-state index in [-0.39, 0.29) is 22.3 Å². The van der Waals surface area contributed by atoms with Gasteiger partial charge >= 0.3 is 6.18 Å². The van der Waals surface area contributed by atoms with Crippen LogP contribution in [-0.2, 0) is 6.18 Å². The van der Waals surface area contributed by atoms with Gasteiger partial charge < -0.3 is 10.4 Å². The first-order valence-electron chi connectivity index (χ1n) is 8.80. The van der Waals surface area contributed by atoms with Crippen LogP contribution in [0.25, 0.3) is 32.3 Å². The molecule has 0 saturated heterocycles. The van der Waals surface area contributed by atoms with Gasteiger partial charge in [-0.25, -0.2) is 4.39 Å². The van der Waals surface area contributed by atoms with E-state index in [9.17, 15) is 22.7 Å². The molecule has 0 saturated carbocycles. The Balaban J connectivity index is 1.99. The highest BCUT2D eigenvalue weighted by atomic mass is 35.5. The van der Waals surface area contributed by atoms with Crippen molar-refractivity contribution in [1.29, 1.82) is 0 Å². The Bertz CT molecular complexity index is 1270. The fourth-order valence-electron chi connectivity index (χ4n) is 3.42. The van der Waals surface area contributed by atoms with Crippen molar-refractivity contribution in [1.82, 2.24) is 0 Å². The van der Waals surface area contributed by atoms with Crippen molar-refractivity contribution < 1.29 is 22.7 Å². The van der Waals surface area contributed by atoms with Crippen LogP contribution in [0, 0.1) is 5.82 Å². The second kappa shape index (κ2) is 7.49. The summed E-state index contributed by atoms with van der Waals surface area (Å²) in [7, 11) is 1.60. The second-order valence-electron chi connectivity index (χ2n) is 6.60. The highest BCUT2D eigenvalue weighted by Gasteiger charge is 2.31. The molecular weight excluding hydrogens is 438 g/mol. The van der Waals surface area contributed by atoms with Crippen LogP contribution in [0.5, 0.6) is 5.75 Å². The zero-order valence-electron chi connectivity index (χ0n) is 15.4. The van der Waals surface area contributed by atoms with Gasteiger partial charge in [0.15, 0.2) is 0 Å². The minimum atomic E-state index is -4.52. The first-order valence-corrected chi connectivity index (χ1v) is 9.99. The number of anilines is 1. The summed E-state index contributed by atoms with van der Waals surface area (Å²) in [6.45, 7) is 0. The number of nitrogens with one attached hydrogen (secondary N) is 1. The highest BCUT2D eigenvalue weighted by molar-refractivity contribution is 7.20. The van der Waals surface area contributed by atoms with E-state index < -0.39 is 17.6 Å². The molecule has 0 aliphatic carbocycles. The molecule has 0 spiro atoms. The summed E-state index contributed by atoms with van der Waals surface area (Å²) in [5.74, 6) is -0.728. The number of halogens is 5. The lowest BCUT2D eigenvalue weighted by molar-refractivity contribution is -0.137. The quantitative estimate of drug-likeness (QED) is 0.311. The summed E-state index contributed by atoms with van der Waals surface area (Å²) >= 11 is 7.32. The Morgan fingerprint density at radius 2 is 1.77 bits per heavy atom. The first kappa shape index (κ1) is 20.5. The molecule has 0 amide bonds. The average molecular weight is 452 g/mol. The molecule has 0 unspecified atom stereocenters. The van der Waals surface area contributed by atoms with Crippen molar-refractivity contribution in [2.75, 3.05) is 12.4 Å². The number of thiophene rings is 1. The number of fused-ring (bicyclic) bond motifs is 1. The number of alkyl halides is 3. The fourth-order valence-corrected chi connectivity index (χ4v) is 4.74. The Hall–Kier alpha value is -2.77. The van der Waals surface area contributed by atoms with Crippen molar-refractivity contribution >= 4 is 38.7 Å². The van der Waals surface area contributed by atoms with Crippen LogP contribution in [0.15, 0.2) is 54.6 Å². The third-order valence-corrected chi connectivity index (χ3v) is 6.17. The topological polar surface area (TPSA) is 32.3 Å². The summed E-state index contributed by atoms with van der Waals surface area (Å²) in [5, 5.41) is 15.5. The molecule has 8 heteroatoms. The molecule has 0 bridgehead atoms. The van der Waals surface area contributed by atoms with Crippen LogP contribution < -0.4 is 5.32 Å². The molecule has 1 heterocycles. The van der Waals surface area contributed by atoms with Crippen LogP contribution in [0.1, 0.15) is 5.56 Å². The molecule has 0 aliphatic heterocycles. The van der Waals surface area contributed by atoms with E-state index >= 15 is 0 Å². The molecule has 154 valence electrons.